The summed E-state index contributed by atoms with van der Waals surface area (Å²) in [5.74, 6) is -0.0737. The Hall–Kier alpha value is -2.53. The van der Waals surface area contributed by atoms with Crippen molar-refractivity contribution in [2.75, 3.05) is 5.32 Å². The van der Waals surface area contributed by atoms with Crippen molar-refractivity contribution in [3.8, 4) is 5.75 Å². The highest BCUT2D eigenvalue weighted by Gasteiger charge is 2.19. The molecular formula is C20H23ClN2O3. The highest BCUT2D eigenvalue weighted by atomic mass is 35.5. The van der Waals surface area contributed by atoms with Crippen molar-refractivity contribution >= 4 is 29.1 Å². The summed E-state index contributed by atoms with van der Waals surface area (Å²) >= 11 is 5.92. The van der Waals surface area contributed by atoms with Gasteiger partial charge in [0, 0.05) is 11.1 Å². The predicted molar refractivity (Wildman–Crippen MR) is 104 cm³/mol. The monoisotopic (exact) mass is 374 g/mol. The first-order chi connectivity index (χ1) is 12.4. The van der Waals surface area contributed by atoms with Crippen LogP contribution < -0.4 is 15.4 Å². The number of ether oxygens (including phenoxy) is 1. The van der Waals surface area contributed by atoms with Gasteiger partial charge in [0.05, 0.1) is 11.3 Å². The molecule has 0 bridgehead atoms. The maximum Gasteiger partial charge on any atom is 0.265 e. The molecule has 6 heteroatoms. The number of carbonyl (C=O) groups excluding carboxylic acids is 2. The van der Waals surface area contributed by atoms with E-state index in [4.69, 9.17) is 16.3 Å². The number of anilines is 1. The zero-order valence-electron chi connectivity index (χ0n) is 15.1. The van der Waals surface area contributed by atoms with Crippen LogP contribution >= 0.6 is 11.6 Å². The van der Waals surface area contributed by atoms with Gasteiger partial charge in [-0.3, -0.25) is 9.59 Å². The average Bonchev–Trinajstić information content (AvgIpc) is 2.61. The SMILES string of the molecule is CC[C@@H](C)NC(=O)c1ccccc1NC(=O)[C@H](C)Oc1cccc(Cl)c1. The lowest BCUT2D eigenvalue weighted by Gasteiger charge is -2.17. The average molecular weight is 375 g/mol. The second kappa shape index (κ2) is 9.25. The van der Waals surface area contributed by atoms with Gasteiger partial charge in [0.25, 0.3) is 11.8 Å². The number of halogens is 1. The van der Waals surface area contributed by atoms with E-state index in [1.165, 1.54) is 0 Å². The fourth-order valence-corrected chi connectivity index (χ4v) is 2.41. The van der Waals surface area contributed by atoms with Crippen molar-refractivity contribution < 1.29 is 14.3 Å². The van der Waals surface area contributed by atoms with Gasteiger partial charge in [0.15, 0.2) is 6.10 Å². The van der Waals surface area contributed by atoms with Crippen molar-refractivity contribution in [2.45, 2.75) is 39.3 Å². The minimum atomic E-state index is -0.751. The van der Waals surface area contributed by atoms with Gasteiger partial charge in [-0.25, -0.2) is 0 Å². The van der Waals surface area contributed by atoms with Crippen LogP contribution in [0.4, 0.5) is 5.69 Å². The maximum atomic E-state index is 12.5. The molecule has 138 valence electrons. The maximum absolute atomic E-state index is 12.5. The molecule has 2 rings (SSSR count). The van der Waals surface area contributed by atoms with Gasteiger partial charge in [-0.1, -0.05) is 36.7 Å². The van der Waals surface area contributed by atoms with Crippen LogP contribution in [-0.4, -0.2) is 24.0 Å². The number of hydrogen-bond donors (Lipinski definition) is 2. The molecular weight excluding hydrogens is 352 g/mol. The van der Waals surface area contributed by atoms with Crippen LogP contribution in [0.1, 0.15) is 37.6 Å². The quantitative estimate of drug-likeness (QED) is 0.760. The molecule has 0 saturated heterocycles. The third kappa shape index (κ3) is 5.49. The second-order valence-corrected chi connectivity index (χ2v) is 6.47. The van der Waals surface area contributed by atoms with E-state index in [9.17, 15) is 9.59 Å². The molecule has 0 fully saturated rings. The number of nitrogens with one attached hydrogen (secondary N) is 2. The molecule has 0 unspecified atom stereocenters. The Morgan fingerprint density at radius 1 is 1.12 bits per heavy atom. The topological polar surface area (TPSA) is 67.4 Å². The van der Waals surface area contributed by atoms with Crippen molar-refractivity contribution in [1.82, 2.24) is 5.32 Å². The van der Waals surface area contributed by atoms with Crippen LogP contribution in [0.3, 0.4) is 0 Å². The second-order valence-electron chi connectivity index (χ2n) is 6.04. The first-order valence-electron chi connectivity index (χ1n) is 8.53. The van der Waals surface area contributed by atoms with Gasteiger partial charge in [-0.15, -0.1) is 0 Å². The number of para-hydroxylation sites is 1. The molecule has 0 radical (unpaired) electrons. The van der Waals surface area contributed by atoms with E-state index in [0.29, 0.717) is 22.0 Å². The van der Waals surface area contributed by atoms with Gasteiger partial charge in [0.2, 0.25) is 0 Å². The highest BCUT2D eigenvalue weighted by Crippen LogP contribution is 2.20. The van der Waals surface area contributed by atoms with Crippen molar-refractivity contribution in [3.05, 3.63) is 59.1 Å². The fourth-order valence-electron chi connectivity index (χ4n) is 2.23. The zero-order valence-corrected chi connectivity index (χ0v) is 15.8. The highest BCUT2D eigenvalue weighted by molar-refractivity contribution is 6.30. The van der Waals surface area contributed by atoms with Gasteiger partial charge in [-0.2, -0.15) is 0 Å². The molecule has 2 aromatic rings. The van der Waals surface area contributed by atoms with Crippen LogP contribution in [0.2, 0.25) is 5.02 Å². The Labute approximate surface area is 158 Å². The smallest absolute Gasteiger partial charge is 0.265 e. The lowest BCUT2D eigenvalue weighted by molar-refractivity contribution is -0.122. The predicted octanol–water partition coefficient (Wildman–Crippen LogP) is 4.27. The summed E-state index contributed by atoms with van der Waals surface area (Å²) in [6, 6.07) is 13.8. The molecule has 26 heavy (non-hydrogen) atoms. The molecule has 0 aliphatic heterocycles. The number of rotatable bonds is 7. The Morgan fingerprint density at radius 3 is 2.54 bits per heavy atom. The molecule has 2 N–H and O–H groups in total. The van der Waals surface area contributed by atoms with Gasteiger partial charge in [0.1, 0.15) is 5.75 Å². The first kappa shape index (κ1) is 19.8. The summed E-state index contributed by atoms with van der Waals surface area (Å²) in [4.78, 5) is 24.9. The summed E-state index contributed by atoms with van der Waals surface area (Å²) in [7, 11) is 0. The van der Waals surface area contributed by atoms with E-state index >= 15 is 0 Å². The zero-order chi connectivity index (χ0) is 19.1. The van der Waals surface area contributed by atoms with Crippen LogP contribution in [0.5, 0.6) is 5.75 Å². The van der Waals surface area contributed by atoms with E-state index in [0.717, 1.165) is 6.42 Å². The third-order valence-electron chi connectivity index (χ3n) is 3.90. The molecule has 5 nitrogen and oxygen atoms in total. The van der Waals surface area contributed by atoms with E-state index in [1.807, 2.05) is 13.8 Å². The summed E-state index contributed by atoms with van der Waals surface area (Å²) in [6.07, 6.45) is 0.0734. The van der Waals surface area contributed by atoms with Crippen molar-refractivity contribution in [3.63, 3.8) is 0 Å². The largest absolute Gasteiger partial charge is 0.481 e. The van der Waals surface area contributed by atoms with E-state index in [-0.39, 0.29) is 17.9 Å². The Morgan fingerprint density at radius 2 is 1.85 bits per heavy atom. The summed E-state index contributed by atoms with van der Waals surface area (Å²) in [5.41, 5.74) is 0.857. The van der Waals surface area contributed by atoms with Crippen LogP contribution in [0.15, 0.2) is 48.5 Å². The lowest BCUT2D eigenvalue weighted by Crippen LogP contribution is -2.34. The Bertz CT molecular complexity index is 779. The molecule has 0 saturated carbocycles. The van der Waals surface area contributed by atoms with Crippen LogP contribution in [0, 0.1) is 0 Å². The Kier molecular flexibility index (Phi) is 7.04. The molecule has 0 heterocycles. The minimum Gasteiger partial charge on any atom is -0.481 e. The number of hydrogen-bond acceptors (Lipinski definition) is 3. The fraction of sp³-hybridized carbons (Fsp3) is 0.300. The lowest BCUT2D eigenvalue weighted by atomic mass is 10.1. The molecule has 0 aliphatic carbocycles. The molecule has 0 aliphatic rings. The molecule has 2 amide bonds. The number of carbonyl (C=O) groups is 2. The number of benzene rings is 2. The standard InChI is InChI=1S/C20H23ClN2O3/c1-4-13(2)22-20(25)17-10-5-6-11-18(17)23-19(24)14(3)26-16-9-7-8-15(21)12-16/h5-14H,4H2,1-3H3,(H,22,25)(H,23,24)/t13-,14+/m1/s1. The summed E-state index contributed by atoms with van der Waals surface area (Å²) < 4.78 is 5.61. The van der Waals surface area contributed by atoms with E-state index in [1.54, 1.807) is 55.5 Å². The molecule has 2 atom stereocenters. The summed E-state index contributed by atoms with van der Waals surface area (Å²) in [5, 5.41) is 6.19. The molecule has 0 spiro atoms. The molecule has 2 aromatic carbocycles. The van der Waals surface area contributed by atoms with E-state index < -0.39 is 6.10 Å². The Balaban J connectivity index is 2.07. The van der Waals surface area contributed by atoms with E-state index in [2.05, 4.69) is 10.6 Å². The molecule has 0 aromatic heterocycles. The van der Waals surface area contributed by atoms with Gasteiger partial charge >= 0.3 is 0 Å². The van der Waals surface area contributed by atoms with Gasteiger partial charge < -0.3 is 15.4 Å². The van der Waals surface area contributed by atoms with Crippen molar-refractivity contribution in [2.24, 2.45) is 0 Å². The summed E-state index contributed by atoms with van der Waals surface area (Å²) in [6.45, 7) is 5.56. The first-order valence-corrected chi connectivity index (χ1v) is 8.91. The number of amides is 2. The third-order valence-corrected chi connectivity index (χ3v) is 4.13. The normalized spacial score (nSPS) is 12.8. The van der Waals surface area contributed by atoms with Gasteiger partial charge in [-0.05, 0) is 50.6 Å². The minimum absolute atomic E-state index is 0.0522. The van der Waals surface area contributed by atoms with Crippen molar-refractivity contribution in [1.29, 1.82) is 0 Å². The van der Waals surface area contributed by atoms with Crippen LogP contribution in [0.25, 0.3) is 0 Å². The van der Waals surface area contributed by atoms with Crippen LogP contribution in [-0.2, 0) is 4.79 Å².